The maximum absolute atomic E-state index is 13.3. The van der Waals surface area contributed by atoms with Gasteiger partial charge in [-0.15, -0.1) is 0 Å². The van der Waals surface area contributed by atoms with Crippen LogP contribution in [0.1, 0.15) is 37.7 Å². The molecule has 4 rings (SSSR count). The molecule has 1 aliphatic rings. The Bertz CT molecular complexity index is 1050. The minimum Gasteiger partial charge on any atom is -0.362 e. The van der Waals surface area contributed by atoms with Gasteiger partial charge in [-0.3, -0.25) is 0 Å². The number of rotatable bonds is 8. The van der Waals surface area contributed by atoms with Crippen LogP contribution in [0.2, 0.25) is 0 Å². The molecule has 2 N–H and O–H groups in total. The zero-order valence-electron chi connectivity index (χ0n) is 18.7. The summed E-state index contributed by atoms with van der Waals surface area (Å²) in [5, 5.41) is 8.22. The molecule has 1 aromatic heterocycles. The average molecular weight is 440 g/mol. The molecule has 2 aromatic carbocycles. The molecular weight excluding hydrogens is 408 g/mol. The van der Waals surface area contributed by atoms with Gasteiger partial charge in [-0.25, -0.2) is 13.8 Å². The number of aromatic nitrogens is 2. The first-order valence-electron chi connectivity index (χ1n) is 11.4. The van der Waals surface area contributed by atoms with E-state index in [1.807, 2.05) is 37.2 Å². The van der Waals surface area contributed by atoms with Crippen LogP contribution in [0.15, 0.2) is 42.5 Å². The second-order valence-corrected chi connectivity index (χ2v) is 8.78. The zero-order chi connectivity index (χ0) is 22.5. The molecule has 1 aliphatic carbocycles. The van der Waals surface area contributed by atoms with E-state index in [9.17, 15) is 8.78 Å². The highest BCUT2D eigenvalue weighted by Crippen LogP contribution is 2.26. The minimum absolute atomic E-state index is 0.367. The molecule has 1 fully saturated rings. The molecule has 5 nitrogen and oxygen atoms in total. The van der Waals surface area contributed by atoms with Gasteiger partial charge in [0.05, 0.1) is 5.52 Å². The molecule has 32 heavy (non-hydrogen) atoms. The summed E-state index contributed by atoms with van der Waals surface area (Å²) in [6.45, 7) is 0.877. The van der Waals surface area contributed by atoms with Gasteiger partial charge in [0.1, 0.15) is 5.82 Å². The molecule has 7 heteroatoms. The van der Waals surface area contributed by atoms with E-state index in [0.29, 0.717) is 18.0 Å². The second-order valence-electron chi connectivity index (χ2n) is 8.78. The van der Waals surface area contributed by atoms with Gasteiger partial charge >= 0.3 is 0 Å². The van der Waals surface area contributed by atoms with E-state index >= 15 is 0 Å². The van der Waals surface area contributed by atoms with Gasteiger partial charge in [-0.1, -0.05) is 18.2 Å². The molecule has 0 spiro atoms. The van der Waals surface area contributed by atoms with Gasteiger partial charge in [0.2, 0.25) is 5.95 Å². The Kier molecular flexibility index (Phi) is 7.15. The maximum Gasteiger partial charge on any atom is 0.225 e. The second kappa shape index (κ2) is 10.2. The number of aryl methyl sites for hydroxylation is 1. The molecular formula is C25H31F2N5. The molecule has 0 saturated heterocycles. The van der Waals surface area contributed by atoms with Gasteiger partial charge in [-0.2, -0.15) is 4.98 Å². The largest absolute Gasteiger partial charge is 0.362 e. The lowest BCUT2D eigenvalue weighted by molar-refractivity contribution is 0.352. The number of nitrogens with one attached hydrogen (secondary N) is 2. The van der Waals surface area contributed by atoms with Crippen molar-refractivity contribution in [2.24, 2.45) is 0 Å². The van der Waals surface area contributed by atoms with Crippen molar-refractivity contribution >= 4 is 22.7 Å². The Morgan fingerprint density at radius 3 is 2.44 bits per heavy atom. The topological polar surface area (TPSA) is 53.1 Å². The van der Waals surface area contributed by atoms with Crippen LogP contribution in [-0.2, 0) is 6.42 Å². The zero-order valence-corrected chi connectivity index (χ0v) is 18.7. The van der Waals surface area contributed by atoms with Gasteiger partial charge in [-0.05, 0) is 74.9 Å². The predicted octanol–water partition coefficient (Wildman–Crippen LogP) is 4.92. The molecule has 0 aliphatic heterocycles. The molecule has 0 radical (unpaired) electrons. The highest BCUT2D eigenvalue weighted by atomic mass is 19.2. The number of benzene rings is 2. The summed E-state index contributed by atoms with van der Waals surface area (Å²) in [5.41, 5.74) is 1.79. The van der Waals surface area contributed by atoms with Crippen molar-refractivity contribution in [2.75, 3.05) is 30.9 Å². The first kappa shape index (κ1) is 22.4. The van der Waals surface area contributed by atoms with E-state index in [1.54, 1.807) is 6.07 Å². The summed E-state index contributed by atoms with van der Waals surface area (Å²) in [6.07, 6.45) is 5.96. The standard InChI is InChI=1S/C25H31F2N5/c1-32(2)24-20-7-3-4-8-23(20)30-25(31-24)29-19-12-10-18(11-13-19)28-15-5-6-17-9-14-21(26)22(27)16-17/h3-4,7-9,14,16,18-19,28H,5-6,10-13,15H2,1-2H3,(H,29,30,31)/t18-,19+. The van der Waals surface area contributed by atoms with Crippen LogP contribution in [0.25, 0.3) is 10.9 Å². The lowest BCUT2D eigenvalue weighted by Gasteiger charge is -2.30. The normalized spacial score (nSPS) is 18.6. The quantitative estimate of drug-likeness (QED) is 0.488. The first-order chi connectivity index (χ1) is 15.5. The number of hydrogen-bond donors (Lipinski definition) is 2. The Labute approximate surface area is 188 Å². The summed E-state index contributed by atoms with van der Waals surface area (Å²) < 4.78 is 26.3. The van der Waals surface area contributed by atoms with E-state index < -0.39 is 11.6 Å². The fourth-order valence-electron chi connectivity index (χ4n) is 4.38. The van der Waals surface area contributed by atoms with Crippen LogP contribution in [0, 0.1) is 11.6 Å². The van der Waals surface area contributed by atoms with E-state index in [0.717, 1.165) is 67.4 Å². The van der Waals surface area contributed by atoms with Crippen molar-refractivity contribution in [3.8, 4) is 0 Å². The molecule has 0 amide bonds. The molecule has 1 saturated carbocycles. The first-order valence-corrected chi connectivity index (χ1v) is 11.4. The van der Waals surface area contributed by atoms with Crippen LogP contribution in [0.3, 0.4) is 0 Å². The summed E-state index contributed by atoms with van der Waals surface area (Å²) in [5.74, 6) is 0.0588. The Balaban J connectivity index is 1.24. The van der Waals surface area contributed by atoms with Crippen LogP contribution in [-0.4, -0.2) is 42.7 Å². The van der Waals surface area contributed by atoms with Crippen molar-refractivity contribution in [1.29, 1.82) is 0 Å². The summed E-state index contributed by atoms with van der Waals surface area (Å²) in [4.78, 5) is 11.5. The van der Waals surface area contributed by atoms with Crippen LogP contribution in [0.5, 0.6) is 0 Å². The third-order valence-corrected chi connectivity index (χ3v) is 6.13. The number of anilines is 2. The van der Waals surface area contributed by atoms with Crippen molar-refractivity contribution < 1.29 is 8.78 Å². The highest BCUT2D eigenvalue weighted by molar-refractivity contribution is 5.90. The van der Waals surface area contributed by atoms with Gasteiger partial charge < -0.3 is 15.5 Å². The van der Waals surface area contributed by atoms with Crippen molar-refractivity contribution in [2.45, 2.75) is 50.6 Å². The summed E-state index contributed by atoms with van der Waals surface area (Å²) in [6, 6.07) is 13.1. The lowest BCUT2D eigenvalue weighted by atomic mass is 9.91. The van der Waals surface area contributed by atoms with E-state index in [2.05, 4.69) is 16.7 Å². The molecule has 0 atom stereocenters. The van der Waals surface area contributed by atoms with Crippen LogP contribution in [0.4, 0.5) is 20.5 Å². The fraction of sp³-hybridized carbons (Fsp3) is 0.440. The number of hydrogen-bond acceptors (Lipinski definition) is 5. The third kappa shape index (κ3) is 5.51. The maximum atomic E-state index is 13.3. The van der Waals surface area contributed by atoms with Crippen molar-refractivity contribution in [3.05, 3.63) is 59.7 Å². The van der Waals surface area contributed by atoms with E-state index in [1.165, 1.54) is 12.1 Å². The van der Waals surface area contributed by atoms with Crippen LogP contribution >= 0.6 is 0 Å². The number of halogens is 2. The molecule has 0 bridgehead atoms. The number of para-hydroxylation sites is 1. The lowest BCUT2D eigenvalue weighted by Crippen LogP contribution is -2.37. The summed E-state index contributed by atoms with van der Waals surface area (Å²) >= 11 is 0. The van der Waals surface area contributed by atoms with Gasteiger partial charge in [0.15, 0.2) is 11.6 Å². The van der Waals surface area contributed by atoms with Gasteiger partial charge in [0, 0.05) is 31.6 Å². The predicted molar refractivity (Wildman–Crippen MR) is 126 cm³/mol. The highest BCUT2D eigenvalue weighted by Gasteiger charge is 2.22. The number of nitrogens with zero attached hydrogens (tertiary/aromatic N) is 3. The van der Waals surface area contributed by atoms with Gasteiger partial charge in [0.25, 0.3) is 0 Å². The van der Waals surface area contributed by atoms with Crippen molar-refractivity contribution in [1.82, 2.24) is 15.3 Å². The average Bonchev–Trinajstić information content (AvgIpc) is 2.79. The molecule has 170 valence electrons. The molecule has 0 unspecified atom stereocenters. The summed E-state index contributed by atoms with van der Waals surface area (Å²) in [7, 11) is 4.00. The Hall–Kier alpha value is -2.80. The monoisotopic (exact) mass is 439 g/mol. The molecule has 3 aromatic rings. The smallest absolute Gasteiger partial charge is 0.225 e. The van der Waals surface area contributed by atoms with E-state index in [-0.39, 0.29) is 0 Å². The minimum atomic E-state index is -0.788. The fourth-order valence-corrected chi connectivity index (χ4v) is 4.38. The van der Waals surface area contributed by atoms with E-state index in [4.69, 9.17) is 9.97 Å². The SMILES string of the molecule is CN(C)c1nc(N[C@H]2CC[C@@H](NCCCc3ccc(F)c(F)c3)CC2)nc2ccccc12. The van der Waals surface area contributed by atoms with Crippen LogP contribution < -0.4 is 15.5 Å². The third-order valence-electron chi connectivity index (χ3n) is 6.13. The molecule has 1 heterocycles. The van der Waals surface area contributed by atoms with Crippen molar-refractivity contribution in [3.63, 3.8) is 0 Å². The Morgan fingerprint density at radius 1 is 0.938 bits per heavy atom. The Morgan fingerprint density at radius 2 is 1.69 bits per heavy atom. The number of fused-ring (bicyclic) bond motifs is 1.